The number of likely N-dealkylation sites (N-methyl/N-ethyl adjacent to an activating group) is 1. The Bertz CT molecular complexity index is 1060. The summed E-state index contributed by atoms with van der Waals surface area (Å²) in [7, 11) is 0. The van der Waals surface area contributed by atoms with Crippen LogP contribution in [-0.2, 0) is 0 Å². The van der Waals surface area contributed by atoms with Gasteiger partial charge < -0.3 is 20.7 Å². The third-order valence-corrected chi connectivity index (χ3v) is 5.69. The Morgan fingerprint density at radius 1 is 1.25 bits per heavy atom. The maximum atomic E-state index is 15.8. The molecule has 148 valence electrons. The molecule has 2 heterocycles. The van der Waals surface area contributed by atoms with Gasteiger partial charge in [0, 0.05) is 28.4 Å². The summed E-state index contributed by atoms with van der Waals surface area (Å²) in [5.41, 5.74) is 2.01. The zero-order valence-corrected chi connectivity index (χ0v) is 16.5. The second-order valence-electron chi connectivity index (χ2n) is 8.04. The molecule has 0 bridgehead atoms. The molecular formula is C22H25F2N3O. The van der Waals surface area contributed by atoms with Gasteiger partial charge in [-0.05, 0) is 38.9 Å². The van der Waals surface area contributed by atoms with Crippen LogP contribution in [0.25, 0.3) is 22.0 Å². The minimum absolute atomic E-state index is 0.0807. The van der Waals surface area contributed by atoms with E-state index in [4.69, 9.17) is 0 Å². The fourth-order valence-corrected chi connectivity index (χ4v) is 4.22. The summed E-state index contributed by atoms with van der Waals surface area (Å²) in [6.07, 6.45) is 0.953. The molecule has 0 amide bonds. The van der Waals surface area contributed by atoms with E-state index in [0.29, 0.717) is 23.3 Å². The number of aromatic amines is 1. The molecule has 0 aliphatic carbocycles. The van der Waals surface area contributed by atoms with Crippen LogP contribution in [0, 0.1) is 18.6 Å². The molecule has 4 N–H and O–H groups in total. The van der Waals surface area contributed by atoms with E-state index in [1.807, 2.05) is 40.0 Å². The average molecular weight is 385 g/mol. The van der Waals surface area contributed by atoms with Gasteiger partial charge in [0.05, 0.1) is 28.8 Å². The molecule has 0 radical (unpaired) electrons. The summed E-state index contributed by atoms with van der Waals surface area (Å²) in [5.74, 6) is -1.28. The van der Waals surface area contributed by atoms with Crippen LogP contribution in [-0.4, -0.2) is 28.3 Å². The lowest BCUT2D eigenvalue weighted by atomic mass is 9.81. The molecule has 2 aromatic carbocycles. The molecule has 2 atom stereocenters. The highest BCUT2D eigenvalue weighted by atomic mass is 19.1. The molecule has 4 rings (SSSR count). The number of aliphatic hydroxyl groups excluding tert-OH is 1. The summed E-state index contributed by atoms with van der Waals surface area (Å²) in [4.78, 5) is 3.13. The van der Waals surface area contributed by atoms with E-state index in [1.165, 1.54) is 6.07 Å². The smallest absolute Gasteiger partial charge is 0.140 e. The second kappa shape index (κ2) is 6.57. The average Bonchev–Trinajstić information content (AvgIpc) is 3.01. The second-order valence-corrected chi connectivity index (χ2v) is 8.04. The van der Waals surface area contributed by atoms with Crippen LogP contribution >= 0.6 is 0 Å². The maximum absolute atomic E-state index is 15.8. The third kappa shape index (κ3) is 2.71. The zero-order valence-electron chi connectivity index (χ0n) is 16.5. The zero-order chi connectivity index (χ0) is 20.2. The Hall–Kier alpha value is -2.44. The predicted molar refractivity (Wildman–Crippen MR) is 109 cm³/mol. The van der Waals surface area contributed by atoms with Crippen molar-refractivity contribution in [1.29, 1.82) is 0 Å². The van der Waals surface area contributed by atoms with E-state index in [9.17, 15) is 5.11 Å². The quantitative estimate of drug-likeness (QED) is 0.531. The molecular weight excluding hydrogens is 360 g/mol. The number of halogens is 2. The van der Waals surface area contributed by atoms with Crippen molar-refractivity contribution in [3.05, 3.63) is 53.2 Å². The summed E-state index contributed by atoms with van der Waals surface area (Å²) < 4.78 is 30.9. The molecule has 0 fully saturated rings. The number of rotatable bonds is 3. The molecule has 1 aliphatic heterocycles. The molecule has 0 saturated carbocycles. The van der Waals surface area contributed by atoms with Gasteiger partial charge in [0.25, 0.3) is 0 Å². The van der Waals surface area contributed by atoms with E-state index in [1.54, 1.807) is 12.1 Å². The number of H-pyrrole nitrogens is 1. The minimum atomic E-state index is -0.878. The lowest BCUT2D eigenvalue weighted by Gasteiger charge is -2.44. The summed E-state index contributed by atoms with van der Waals surface area (Å²) in [6.45, 7) is 8.03. The Morgan fingerprint density at radius 3 is 2.71 bits per heavy atom. The normalized spacial score (nSPS) is 20.8. The number of hydrogen-bond donors (Lipinski definition) is 4. The first-order chi connectivity index (χ1) is 13.3. The number of para-hydroxylation sites is 1. The number of aryl methyl sites for hydroxylation is 1. The van der Waals surface area contributed by atoms with Crippen molar-refractivity contribution in [2.24, 2.45) is 0 Å². The van der Waals surface area contributed by atoms with Crippen LogP contribution in [0.1, 0.15) is 37.9 Å². The Balaban J connectivity index is 1.99. The van der Waals surface area contributed by atoms with Crippen LogP contribution in [0.4, 0.5) is 14.5 Å². The monoisotopic (exact) mass is 385 g/mol. The van der Waals surface area contributed by atoms with Crippen LogP contribution in [0.5, 0.6) is 0 Å². The van der Waals surface area contributed by atoms with Gasteiger partial charge in [-0.15, -0.1) is 0 Å². The molecule has 3 aromatic rings. The number of anilines is 1. The van der Waals surface area contributed by atoms with Gasteiger partial charge in [0.1, 0.15) is 11.6 Å². The van der Waals surface area contributed by atoms with Gasteiger partial charge in [-0.1, -0.05) is 25.1 Å². The van der Waals surface area contributed by atoms with E-state index in [2.05, 4.69) is 15.6 Å². The summed E-state index contributed by atoms with van der Waals surface area (Å²) in [6, 6.07) is 6.13. The lowest BCUT2D eigenvalue weighted by molar-refractivity contribution is 0.0677. The third-order valence-electron chi connectivity index (χ3n) is 5.69. The Kier molecular flexibility index (Phi) is 4.43. The van der Waals surface area contributed by atoms with E-state index < -0.39 is 29.3 Å². The van der Waals surface area contributed by atoms with E-state index in [0.717, 1.165) is 10.9 Å². The van der Waals surface area contributed by atoms with Crippen molar-refractivity contribution < 1.29 is 13.9 Å². The van der Waals surface area contributed by atoms with Crippen molar-refractivity contribution in [3.8, 4) is 11.1 Å². The van der Waals surface area contributed by atoms with Crippen molar-refractivity contribution in [3.63, 3.8) is 0 Å². The largest absolute Gasteiger partial charge is 0.389 e. The number of benzene rings is 2. The molecule has 0 spiro atoms. The Labute approximate surface area is 163 Å². The van der Waals surface area contributed by atoms with Gasteiger partial charge in [-0.2, -0.15) is 0 Å². The molecule has 6 heteroatoms. The van der Waals surface area contributed by atoms with Crippen molar-refractivity contribution >= 4 is 16.6 Å². The van der Waals surface area contributed by atoms with Gasteiger partial charge in [0.15, 0.2) is 0 Å². The summed E-state index contributed by atoms with van der Waals surface area (Å²) in [5, 5.41) is 18.0. The number of nitrogens with one attached hydrogen (secondary N) is 3. The first-order valence-corrected chi connectivity index (χ1v) is 9.54. The number of aromatic nitrogens is 1. The summed E-state index contributed by atoms with van der Waals surface area (Å²) >= 11 is 0. The highest BCUT2D eigenvalue weighted by molar-refractivity contribution is 5.96. The highest BCUT2D eigenvalue weighted by Crippen LogP contribution is 2.44. The fraction of sp³-hybridized carbons (Fsp3) is 0.364. The fourth-order valence-electron chi connectivity index (χ4n) is 4.22. The molecule has 4 nitrogen and oxygen atoms in total. The topological polar surface area (TPSA) is 60.1 Å². The lowest BCUT2D eigenvalue weighted by Crippen LogP contribution is -2.54. The van der Waals surface area contributed by atoms with Gasteiger partial charge in [-0.25, -0.2) is 8.78 Å². The number of hydrogen-bond acceptors (Lipinski definition) is 3. The SMILES string of the molecule is CCN[C@H]1c2c(cc(F)c(-c3cccc4c(C)c[nH]c34)c2F)NC(C)(C)C1O. The van der Waals surface area contributed by atoms with Crippen molar-refractivity contribution in [2.75, 3.05) is 11.9 Å². The van der Waals surface area contributed by atoms with E-state index >= 15 is 8.78 Å². The van der Waals surface area contributed by atoms with E-state index in [-0.39, 0.29) is 11.1 Å². The molecule has 28 heavy (non-hydrogen) atoms. The first kappa shape index (κ1) is 18.9. The molecule has 0 saturated heterocycles. The maximum Gasteiger partial charge on any atom is 0.140 e. The van der Waals surface area contributed by atoms with Crippen LogP contribution < -0.4 is 10.6 Å². The highest BCUT2D eigenvalue weighted by Gasteiger charge is 2.43. The van der Waals surface area contributed by atoms with Crippen LogP contribution in [0.2, 0.25) is 0 Å². The van der Waals surface area contributed by atoms with Gasteiger partial charge in [0.2, 0.25) is 0 Å². The first-order valence-electron chi connectivity index (χ1n) is 9.54. The molecule has 1 unspecified atom stereocenters. The number of fused-ring (bicyclic) bond motifs is 2. The standard InChI is InChI=1S/C22H25F2N3O/c1-5-25-20-17-15(27-22(3,4)21(20)28)9-14(23)16(18(17)24)13-8-6-7-12-11(2)10-26-19(12)13/h6-10,20-21,25-28H,5H2,1-4H3/t20-,21?/m0/s1. The Morgan fingerprint density at radius 2 is 2.00 bits per heavy atom. The van der Waals surface area contributed by atoms with Crippen LogP contribution in [0.15, 0.2) is 30.5 Å². The van der Waals surface area contributed by atoms with Crippen molar-refractivity contribution in [2.45, 2.75) is 45.4 Å². The minimum Gasteiger partial charge on any atom is -0.389 e. The predicted octanol–water partition coefficient (Wildman–Crippen LogP) is 4.64. The molecule has 1 aromatic heterocycles. The van der Waals surface area contributed by atoms with Gasteiger partial charge >= 0.3 is 0 Å². The van der Waals surface area contributed by atoms with Crippen LogP contribution in [0.3, 0.4) is 0 Å². The van der Waals surface area contributed by atoms with Crippen molar-refractivity contribution in [1.82, 2.24) is 10.3 Å². The molecule has 1 aliphatic rings. The number of aliphatic hydroxyl groups is 1. The van der Waals surface area contributed by atoms with Gasteiger partial charge in [-0.3, -0.25) is 0 Å².